The normalized spacial score (nSPS) is 21.3. The number of nitrogens with zero attached hydrogens (tertiary/aromatic N) is 9. The number of piperidine rings is 1. The fraction of sp³-hybridized carbons (Fsp3) is 0.435. The van der Waals surface area contributed by atoms with Crippen molar-refractivity contribution in [2.75, 3.05) is 18.6 Å². The minimum atomic E-state index is -3.75. The number of sulfone groups is 1. The predicted molar refractivity (Wildman–Crippen MR) is 134 cm³/mol. The van der Waals surface area contributed by atoms with Crippen molar-refractivity contribution in [1.29, 1.82) is 0 Å². The van der Waals surface area contributed by atoms with Crippen LogP contribution in [-0.2, 0) is 21.7 Å². The number of carbonyl (C=O) groups is 1. The molecule has 1 unspecified atom stereocenters. The van der Waals surface area contributed by atoms with Gasteiger partial charge in [0.25, 0.3) is 0 Å². The minimum absolute atomic E-state index is 0.00620. The molecule has 15 heteroatoms. The zero-order valence-electron chi connectivity index (χ0n) is 20.8. The van der Waals surface area contributed by atoms with Crippen LogP contribution in [0.15, 0.2) is 29.4 Å². The molecule has 2 fully saturated rings. The van der Waals surface area contributed by atoms with Crippen LogP contribution in [0, 0.1) is 0 Å². The van der Waals surface area contributed by atoms with Gasteiger partial charge in [-0.15, -0.1) is 10.2 Å². The van der Waals surface area contributed by atoms with Gasteiger partial charge in [-0.3, -0.25) is 9.78 Å². The van der Waals surface area contributed by atoms with Crippen LogP contribution in [0.25, 0.3) is 28.3 Å². The number of hydrogen-bond donors (Lipinski definition) is 2. The summed E-state index contributed by atoms with van der Waals surface area (Å²) in [7, 11) is -2.08. The highest BCUT2D eigenvalue weighted by Gasteiger charge is 2.45. The largest absolute Gasteiger partial charge is 0.387 e. The summed E-state index contributed by atoms with van der Waals surface area (Å²) in [4.78, 5) is 24.7. The van der Waals surface area contributed by atoms with E-state index in [1.165, 1.54) is 9.31 Å². The van der Waals surface area contributed by atoms with E-state index in [1.807, 2.05) is 6.07 Å². The first-order valence-corrected chi connectivity index (χ1v) is 14.0. The van der Waals surface area contributed by atoms with Crippen molar-refractivity contribution in [3.8, 4) is 22.6 Å². The quantitative estimate of drug-likeness (QED) is 0.353. The molecule has 0 saturated carbocycles. The van der Waals surface area contributed by atoms with Gasteiger partial charge in [0.1, 0.15) is 23.0 Å². The second kappa shape index (κ2) is 8.80. The molecule has 4 aromatic rings. The van der Waals surface area contributed by atoms with Gasteiger partial charge in [0.15, 0.2) is 15.5 Å². The molecule has 3 atom stereocenters. The number of aromatic nitrogens is 8. The molecule has 3 N–H and O–H groups in total. The smallest absolute Gasteiger partial charge is 0.248 e. The SMILES string of the molecule is Cn1nnc(-c2ccc(-c3cnn4c(N)c(S(C)(=O)=O)c(C5C[C@H]6CC[C@@H](C5)N6C(=O)CO)nc34)cn2)n1. The molecule has 6 heterocycles. The van der Waals surface area contributed by atoms with Crippen LogP contribution in [0.5, 0.6) is 0 Å². The molecule has 1 amide bonds. The van der Waals surface area contributed by atoms with Crippen LogP contribution in [0.2, 0.25) is 0 Å². The number of nitrogen functional groups attached to an aromatic ring is 1. The standard InChI is InChI=1S/C23H26N10O4S/c1-31-29-22(28-30-31)17-6-3-12(9-25-17)16-10-26-33-21(24)20(38(2,36)37)19(27-23(16)33)13-7-14-4-5-15(8-13)32(14)18(35)11-34/h3,6,9-10,13-15,34H,4-5,7-8,11,24H2,1-2H3/t13?,14-,15+. The van der Waals surface area contributed by atoms with Gasteiger partial charge in [0.2, 0.25) is 11.7 Å². The van der Waals surface area contributed by atoms with Gasteiger partial charge in [-0.2, -0.15) is 14.4 Å². The van der Waals surface area contributed by atoms with E-state index in [4.69, 9.17) is 10.7 Å². The third-order valence-corrected chi connectivity index (χ3v) is 8.55. The van der Waals surface area contributed by atoms with Crippen LogP contribution in [0.4, 0.5) is 5.82 Å². The summed E-state index contributed by atoms with van der Waals surface area (Å²) in [6, 6.07) is 3.43. The van der Waals surface area contributed by atoms with E-state index in [2.05, 4.69) is 25.5 Å². The number of hydrogen-bond acceptors (Lipinski definition) is 11. The Morgan fingerprint density at radius 3 is 2.50 bits per heavy atom. The number of aliphatic hydroxyl groups is 1. The zero-order valence-corrected chi connectivity index (χ0v) is 21.6. The molecule has 0 spiro atoms. The molecule has 2 aliphatic rings. The van der Waals surface area contributed by atoms with Crippen LogP contribution < -0.4 is 5.73 Å². The first kappa shape index (κ1) is 24.4. The van der Waals surface area contributed by atoms with Crippen molar-refractivity contribution in [1.82, 2.24) is 44.7 Å². The summed E-state index contributed by atoms with van der Waals surface area (Å²) in [5.74, 6) is -0.138. The minimum Gasteiger partial charge on any atom is -0.387 e. The molecular formula is C23H26N10O4S. The Morgan fingerprint density at radius 1 is 1.18 bits per heavy atom. The fourth-order valence-corrected chi connectivity index (χ4v) is 6.90. The highest BCUT2D eigenvalue weighted by Crippen LogP contribution is 2.45. The van der Waals surface area contributed by atoms with E-state index < -0.39 is 16.4 Å². The average molecular weight is 539 g/mol. The number of amides is 1. The number of aryl methyl sites for hydroxylation is 1. The van der Waals surface area contributed by atoms with E-state index in [9.17, 15) is 18.3 Å². The first-order valence-electron chi connectivity index (χ1n) is 12.2. The summed E-state index contributed by atoms with van der Waals surface area (Å²) >= 11 is 0. The predicted octanol–water partition coefficient (Wildman–Crippen LogP) is 0.197. The Bertz CT molecular complexity index is 1650. The van der Waals surface area contributed by atoms with E-state index in [1.54, 1.807) is 30.4 Å². The molecule has 38 heavy (non-hydrogen) atoms. The number of carbonyl (C=O) groups excluding carboxylic acids is 1. The lowest BCUT2D eigenvalue weighted by Crippen LogP contribution is -2.47. The third-order valence-electron chi connectivity index (χ3n) is 7.39. The highest BCUT2D eigenvalue weighted by molar-refractivity contribution is 7.91. The van der Waals surface area contributed by atoms with Crippen molar-refractivity contribution in [2.45, 2.75) is 48.6 Å². The Labute approximate surface area is 217 Å². The fourth-order valence-electron chi connectivity index (χ4n) is 5.84. The monoisotopic (exact) mass is 538 g/mol. The molecule has 198 valence electrons. The number of anilines is 1. The molecule has 2 saturated heterocycles. The zero-order chi connectivity index (χ0) is 26.8. The van der Waals surface area contributed by atoms with Gasteiger partial charge < -0.3 is 15.7 Å². The summed E-state index contributed by atoms with van der Waals surface area (Å²) in [6.45, 7) is -0.539. The van der Waals surface area contributed by atoms with Gasteiger partial charge in [-0.1, -0.05) is 6.07 Å². The third kappa shape index (κ3) is 3.89. The number of aliphatic hydroxyl groups excluding tert-OH is 1. The maximum atomic E-state index is 12.9. The lowest BCUT2D eigenvalue weighted by atomic mass is 9.87. The van der Waals surface area contributed by atoms with Gasteiger partial charge in [0, 0.05) is 41.6 Å². The molecule has 0 aliphatic carbocycles. The van der Waals surface area contributed by atoms with E-state index in [0.717, 1.165) is 19.1 Å². The summed E-state index contributed by atoms with van der Waals surface area (Å²) < 4.78 is 27.2. The Balaban J connectivity index is 1.44. The second-order valence-electron chi connectivity index (χ2n) is 9.82. The van der Waals surface area contributed by atoms with Gasteiger partial charge in [0.05, 0.1) is 18.9 Å². The van der Waals surface area contributed by atoms with E-state index in [0.29, 0.717) is 46.8 Å². The number of rotatable bonds is 5. The summed E-state index contributed by atoms with van der Waals surface area (Å²) in [6.07, 6.45) is 7.02. The number of nitrogens with two attached hydrogens (primary N) is 1. The Hall–Kier alpha value is -3.98. The lowest BCUT2D eigenvalue weighted by molar-refractivity contribution is -0.138. The lowest BCUT2D eigenvalue weighted by Gasteiger charge is -2.39. The maximum Gasteiger partial charge on any atom is 0.248 e. The van der Waals surface area contributed by atoms with Crippen molar-refractivity contribution in [2.24, 2.45) is 7.05 Å². The Kier molecular flexibility index (Phi) is 5.64. The van der Waals surface area contributed by atoms with Crippen molar-refractivity contribution < 1.29 is 18.3 Å². The van der Waals surface area contributed by atoms with E-state index in [-0.39, 0.29) is 34.6 Å². The molecule has 6 rings (SSSR count). The number of pyridine rings is 1. The number of tetrazole rings is 1. The Morgan fingerprint density at radius 2 is 1.92 bits per heavy atom. The van der Waals surface area contributed by atoms with Crippen molar-refractivity contribution >= 4 is 27.2 Å². The second-order valence-corrected chi connectivity index (χ2v) is 11.8. The van der Waals surface area contributed by atoms with Crippen LogP contribution in [0.3, 0.4) is 0 Å². The van der Waals surface area contributed by atoms with Crippen LogP contribution >= 0.6 is 0 Å². The molecule has 0 radical (unpaired) electrons. The average Bonchev–Trinajstić information content (AvgIpc) is 3.58. The molecular weight excluding hydrogens is 512 g/mol. The molecule has 0 aromatic carbocycles. The van der Waals surface area contributed by atoms with Crippen molar-refractivity contribution in [3.63, 3.8) is 0 Å². The summed E-state index contributed by atoms with van der Waals surface area (Å²) in [5.41, 5.74) is 9.13. The maximum absolute atomic E-state index is 12.9. The number of fused-ring (bicyclic) bond motifs is 3. The van der Waals surface area contributed by atoms with Gasteiger partial charge in [-0.05, 0) is 37.0 Å². The van der Waals surface area contributed by atoms with E-state index >= 15 is 0 Å². The molecule has 4 aromatic heterocycles. The highest BCUT2D eigenvalue weighted by atomic mass is 32.2. The van der Waals surface area contributed by atoms with Crippen molar-refractivity contribution in [3.05, 3.63) is 30.2 Å². The van der Waals surface area contributed by atoms with Gasteiger partial charge in [-0.25, -0.2) is 13.4 Å². The first-order chi connectivity index (χ1) is 18.2. The topological polar surface area (TPSA) is 187 Å². The molecule has 2 aliphatic heterocycles. The summed E-state index contributed by atoms with van der Waals surface area (Å²) in [5, 5.41) is 25.7. The molecule has 2 bridgehead atoms. The van der Waals surface area contributed by atoms with Crippen LogP contribution in [0.1, 0.15) is 37.3 Å². The molecule has 14 nitrogen and oxygen atoms in total. The van der Waals surface area contributed by atoms with Gasteiger partial charge >= 0.3 is 0 Å². The van der Waals surface area contributed by atoms with Crippen LogP contribution in [-0.4, -0.2) is 89.1 Å².